The van der Waals surface area contributed by atoms with Gasteiger partial charge in [-0.1, -0.05) is 11.2 Å². The predicted molar refractivity (Wildman–Crippen MR) is 96.2 cm³/mol. The van der Waals surface area contributed by atoms with Crippen molar-refractivity contribution in [2.75, 3.05) is 11.9 Å². The monoisotopic (exact) mass is 331 g/mol. The van der Waals surface area contributed by atoms with Crippen LogP contribution in [0.4, 0.5) is 5.69 Å². The number of hydrogen-bond donors (Lipinski definition) is 1. The summed E-state index contributed by atoms with van der Waals surface area (Å²) in [5.41, 5.74) is 5.92. The van der Waals surface area contributed by atoms with E-state index in [1.165, 1.54) is 0 Å². The molecule has 1 N–H and O–H groups in total. The minimum Gasteiger partial charge on any atom is -0.381 e. The molecule has 0 aliphatic carbocycles. The first kappa shape index (κ1) is 15.3. The number of pyridine rings is 3. The maximum absolute atomic E-state index is 5.47. The normalized spacial score (nSPS) is 10.9. The Morgan fingerprint density at radius 3 is 2.88 bits per heavy atom. The molecular weight excluding hydrogens is 314 g/mol. The van der Waals surface area contributed by atoms with E-state index in [9.17, 15) is 0 Å². The Bertz CT molecular complexity index is 983. The summed E-state index contributed by atoms with van der Waals surface area (Å²) in [4.78, 5) is 13.2. The van der Waals surface area contributed by atoms with Crippen molar-refractivity contribution in [2.24, 2.45) is 0 Å². The molecule has 4 heterocycles. The van der Waals surface area contributed by atoms with Gasteiger partial charge in [-0.25, -0.2) is 4.98 Å². The highest BCUT2D eigenvalue weighted by atomic mass is 16.5. The fourth-order valence-corrected chi connectivity index (χ4v) is 2.69. The van der Waals surface area contributed by atoms with Crippen molar-refractivity contribution in [2.45, 2.75) is 13.3 Å². The second-order valence-corrected chi connectivity index (χ2v) is 5.74. The van der Waals surface area contributed by atoms with Crippen molar-refractivity contribution in [3.05, 3.63) is 66.4 Å². The fraction of sp³-hybridized carbons (Fsp3) is 0.158. The highest BCUT2D eigenvalue weighted by Crippen LogP contribution is 2.29. The Kier molecular flexibility index (Phi) is 4.08. The van der Waals surface area contributed by atoms with E-state index in [-0.39, 0.29) is 0 Å². The number of nitrogens with zero attached hydrogens (tertiary/aromatic N) is 4. The summed E-state index contributed by atoms with van der Waals surface area (Å²) in [7, 11) is 0. The van der Waals surface area contributed by atoms with E-state index < -0.39 is 0 Å². The molecule has 4 rings (SSSR count). The number of aromatic nitrogens is 4. The molecular formula is C19H17N5O. The van der Waals surface area contributed by atoms with E-state index in [2.05, 4.69) is 25.4 Å². The van der Waals surface area contributed by atoms with Crippen LogP contribution in [-0.2, 0) is 6.42 Å². The molecule has 0 spiro atoms. The van der Waals surface area contributed by atoms with Gasteiger partial charge in [0, 0.05) is 42.8 Å². The predicted octanol–water partition coefficient (Wildman–Crippen LogP) is 3.64. The van der Waals surface area contributed by atoms with Crippen molar-refractivity contribution < 1.29 is 4.52 Å². The lowest BCUT2D eigenvalue weighted by Gasteiger charge is -2.08. The highest BCUT2D eigenvalue weighted by Gasteiger charge is 2.14. The van der Waals surface area contributed by atoms with Gasteiger partial charge in [-0.05, 0) is 37.3 Å². The van der Waals surface area contributed by atoms with Crippen molar-refractivity contribution in [3.8, 4) is 11.3 Å². The van der Waals surface area contributed by atoms with Gasteiger partial charge in [0.05, 0.1) is 11.4 Å². The van der Waals surface area contributed by atoms with Gasteiger partial charge < -0.3 is 9.84 Å². The van der Waals surface area contributed by atoms with Crippen molar-refractivity contribution in [1.82, 2.24) is 20.1 Å². The number of aryl methyl sites for hydroxylation is 1. The Labute approximate surface area is 144 Å². The lowest BCUT2D eigenvalue weighted by molar-refractivity contribution is 0.451. The van der Waals surface area contributed by atoms with Crippen LogP contribution in [0.15, 0.2) is 59.5 Å². The lowest BCUT2D eigenvalue weighted by atomic mass is 10.1. The van der Waals surface area contributed by atoms with Crippen LogP contribution in [0, 0.1) is 6.92 Å². The van der Waals surface area contributed by atoms with Gasteiger partial charge in [0.15, 0.2) is 0 Å². The quantitative estimate of drug-likeness (QED) is 0.601. The molecule has 4 aromatic rings. The second-order valence-electron chi connectivity index (χ2n) is 5.74. The second kappa shape index (κ2) is 6.68. The molecule has 0 saturated carbocycles. The third-order valence-corrected chi connectivity index (χ3v) is 3.97. The molecule has 124 valence electrons. The minimum absolute atomic E-state index is 0.672. The first-order chi connectivity index (χ1) is 12.3. The third-order valence-electron chi connectivity index (χ3n) is 3.97. The third kappa shape index (κ3) is 3.19. The molecule has 6 heteroatoms. The summed E-state index contributed by atoms with van der Waals surface area (Å²) in [5, 5.41) is 7.48. The van der Waals surface area contributed by atoms with Crippen LogP contribution in [0.3, 0.4) is 0 Å². The summed E-state index contributed by atoms with van der Waals surface area (Å²) in [6.07, 6.45) is 6.17. The molecule has 0 amide bonds. The standard InChI is InChI=1S/C19H17N5O/c1-13-18-19(25-24-13)17(22-10-7-15-6-2-3-9-21-15)11-16(23-18)14-5-4-8-20-12-14/h2-6,8-9,11-12H,7,10H2,1H3,(H,22,23). The summed E-state index contributed by atoms with van der Waals surface area (Å²) in [5.74, 6) is 0. The summed E-state index contributed by atoms with van der Waals surface area (Å²) in [6.45, 7) is 2.63. The topological polar surface area (TPSA) is 76.7 Å². The van der Waals surface area contributed by atoms with Gasteiger partial charge in [0.25, 0.3) is 0 Å². The zero-order valence-corrected chi connectivity index (χ0v) is 13.8. The molecule has 0 radical (unpaired) electrons. The lowest BCUT2D eigenvalue weighted by Crippen LogP contribution is -2.06. The van der Waals surface area contributed by atoms with Crippen LogP contribution in [0.5, 0.6) is 0 Å². The van der Waals surface area contributed by atoms with Gasteiger partial charge >= 0.3 is 0 Å². The van der Waals surface area contributed by atoms with Crippen LogP contribution in [-0.4, -0.2) is 26.7 Å². The van der Waals surface area contributed by atoms with Crippen LogP contribution in [0.25, 0.3) is 22.4 Å². The van der Waals surface area contributed by atoms with E-state index in [4.69, 9.17) is 4.52 Å². The molecule has 0 fully saturated rings. The zero-order chi connectivity index (χ0) is 17.1. The number of fused-ring (bicyclic) bond motifs is 1. The van der Waals surface area contributed by atoms with E-state index in [1.54, 1.807) is 18.6 Å². The fourth-order valence-electron chi connectivity index (χ4n) is 2.69. The number of anilines is 1. The Balaban J connectivity index is 1.65. The van der Waals surface area contributed by atoms with Crippen LogP contribution < -0.4 is 5.32 Å². The SMILES string of the molecule is Cc1noc2c(NCCc3ccccn3)cc(-c3cccnc3)nc12. The van der Waals surface area contributed by atoms with Crippen LogP contribution in [0.2, 0.25) is 0 Å². The minimum atomic E-state index is 0.672. The Morgan fingerprint density at radius 2 is 2.08 bits per heavy atom. The van der Waals surface area contributed by atoms with Crippen molar-refractivity contribution >= 4 is 16.8 Å². The average molecular weight is 331 g/mol. The van der Waals surface area contributed by atoms with Crippen LogP contribution in [0.1, 0.15) is 11.4 Å². The maximum atomic E-state index is 5.47. The number of hydrogen-bond acceptors (Lipinski definition) is 6. The molecule has 0 aliphatic rings. The highest BCUT2D eigenvalue weighted by molar-refractivity contribution is 5.90. The first-order valence-electron chi connectivity index (χ1n) is 8.12. The molecule has 6 nitrogen and oxygen atoms in total. The largest absolute Gasteiger partial charge is 0.381 e. The molecule has 0 aliphatic heterocycles. The summed E-state index contributed by atoms with van der Waals surface area (Å²) >= 11 is 0. The molecule has 25 heavy (non-hydrogen) atoms. The van der Waals surface area contributed by atoms with Gasteiger partial charge in [-0.15, -0.1) is 0 Å². The van der Waals surface area contributed by atoms with Gasteiger partial charge in [-0.2, -0.15) is 0 Å². The average Bonchev–Trinajstić information content (AvgIpc) is 3.04. The summed E-state index contributed by atoms with van der Waals surface area (Å²) in [6, 6.07) is 11.8. The maximum Gasteiger partial charge on any atom is 0.208 e. The van der Waals surface area contributed by atoms with Crippen molar-refractivity contribution in [3.63, 3.8) is 0 Å². The van der Waals surface area contributed by atoms with Gasteiger partial charge in [-0.3, -0.25) is 9.97 Å². The van der Waals surface area contributed by atoms with Gasteiger partial charge in [0.2, 0.25) is 5.58 Å². The zero-order valence-electron chi connectivity index (χ0n) is 13.8. The molecule has 0 aromatic carbocycles. The summed E-state index contributed by atoms with van der Waals surface area (Å²) < 4.78 is 5.47. The Morgan fingerprint density at radius 1 is 1.12 bits per heavy atom. The van der Waals surface area contributed by atoms with E-state index in [1.807, 2.05) is 43.3 Å². The number of rotatable bonds is 5. The first-order valence-corrected chi connectivity index (χ1v) is 8.12. The molecule has 0 atom stereocenters. The molecule has 4 aromatic heterocycles. The van der Waals surface area contributed by atoms with E-state index in [0.717, 1.165) is 46.8 Å². The molecule has 0 bridgehead atoms. The van der Waals surface area contributed by atoms with Crippen LogP contribution >= 0.6 is 0 Å². The van der Waals surface area contributed by atoms with Gasteiger partial charge in [0.1, 0.15) is 11.2 Å². The number of nitrogens with one attached hydrogen (secondary N) is 1. The molecule has 0 unspecified atom stereocenters. The smallest absolute Gasteiger partial charge is 0.208 e. The van der Waals surface area contributed by atoms with Crippen molar-refractivity contribution in [1.29, 1.82) is 0 Å². The van der Waals surface area contributed by atoms with E-state index >= 15 is 0 Å². The Hall–Kier alpha value is -3.28. The molecule has 0 saturated heterocycles. The van der Waals surface area contributed by atoms with E-state index in [0.29, 0.717) is 5.58 Å².